The third-order valence-electron chi connectivity index (χ3n) is 3.31. The molecule has 0 spiro atoms. The number of nitrogens with zero attached hydrogens (tertiary/aromatic N) is 4. The van der Waals surface area contributed by atoms with E-state index < -0.39 is 0 Å². The van der Waals surface area contributed by atoms with Crippen molar-refractivity contribution in [1.29, 1.82) is 0 Å². The molecule has 7 nitrogen and oxygen atoms in total. The molecule has 1 amide bonds. The van der Waals surface area contributed by atoms with Crippen molar-refractivity contribution in [1.82, 2.24) is 19.9 Å². The molecule has 0 saturated heterocycles. The molecule has 0 aliphatic heterocycles. The largest absolute Gasteiger partial charge is 0.339 e. The van der Waals surface area contributed by atoms with E-state index in [0.717, 1.165) is 13.0 Å². The Morgan fingerprint density at radius 2 is 2.17 bits per heavy atom. The Labute approximate surface area is 143 Å². The molecule has 1 N–H and O–H groups in total. The molecule has 0 saturated carbocycles. The van der Waals surface area contributed by atoms with Gasteiger partial charge in [-0.2, -0.15) is 10.1 Å². The molecule has 0 atom stereocenters. The van der Waals surface area contributed by atoms with E-state index in [9.17, 15) is 4.79 Å². The number of carbonyl (C=O) groups excluding carboxylic acids is 1. The number of hydrogen-bond acceptors (Lipinski definition) is 5. The van der Waals surface area contributed by atoms with Crippen LogP contribution in [0.25, 0.3) is 0 Å². The zero-order valence-corrected chi connectivity index (χ0v) is 13.6. The summed E-state index contributed by atoms with van der Waals surface area (Å²) in [6, 6.07) is 8.92. The molecule has 0 fully saturated rings. The van der Waals surface area contributed by atoms with Crippen LogP contribution in [0.5, 0.6) is 0 Å². The highest BCUT2D eigenvalue weighted by molar-refractivity contribution is 6.33. The van der Waals surface area contributed by atoms with Gasteiger partial charge in [-0.05, 0) is 24.6 Å². The van der Waals surface area contributed by atoms with Gasteiger partial charge in [0, 0.05) is 25.4 Å². The van der Waals surface area contributed by atoms with Crippen molar-refractivity contribution in [2.75, 3.05) is 5.32 Å². The van der Waals surface area contributed by atoms with Crippen LogP contribution in [0, 0.1) is 0 Å². The number of carbonyl (C=O) groups is 1. The van der Waals surface area contributed by atoms with Gasteiger partial charge in [0.2, 0.25) is 11.8 Å². The number of anilines is 1. The minimum Gasteiger partial charge on any atom is -0.339 e. The van der Waals surface area contributed by atoms with E-state index in [1.54, 1.807) is 30.5 Å². The normalized spacial score (nSPS) is 10.7. The molecule has 0 aliphatic rings. The van der Waals surface area contributed by atoms with Crippen molar-refractivity contribution in [3.05, 3.63) is 59.5 Å². The topological polar surface area (TPSA) is 85.8 Å². The first kappa shape index (κ1) is 16.2. The summed E-state index contributed by atoms with van der Waals surface area (Å²) in [5.74, 6) is 0.628. The van der Waals surface area contributed by atoms with Gasteiger partial charge in [-0.15, -0.1) is 0 Å². The summed E-state index contributed by atoms with van der Waals surface area (Å²) in [4.78, 5) is 16.2. The molecular weight excluding hydrogens is 330 g/mol. The molecule has 3 aromatic rings. The van der Waals surface area contributed by atoms with Gasteiger partial charge in [0.25, 0.3) is 0 Å². The second-order valence-corrected chi connectivity index (χ2v) is 5.59. The summed E-state index contributed by atoms with van der Waals surface area (Å²) in [7, 11) is 0. The van der Waals surface area contributed by atoms with Crippen LogP contribution in [-0.2, 0) is 24.2 Å². The smallest absolute Gasteiger partial charge is 0.232 e. The number of halogens is 1. The second-order valence-electron chi connectivity index (χ2n) is 5.18. The summed E-state index contributed by atoms with van der Waals surface area (Å²) in [6.45, 7) is 0.776. The van der Waals surface area contributed by atoms with Gasteiger partial charge in [-0.1, -0.05) is 28.9 Å². The van der Waals surface area contributed by atoms with E-state index >= 15 is 0 Å². The third kappa shape index (κ3) is 4.42. The zero-order valence-electron chi connectivity index (χ0n) is 12.9. The summed E-state index contributed by atoms with van der Waals surface area (Å²) < 4.78 is 7.00. The second kappa shape index (κ2) is 7.74. The quantitative estimate of drug-likeness (QED) is 0.711. The van der Waals surface area contributed by atoms with Crippen LogP contribution in [0.4, 0.5) is 5.69 Å². The fraction of sp³-hybridized carbons (Fsp3) is 0.250. The predicted octanol–water partition coefficient (Wildman–Crippen LogP) is 2.73. The van der Waals surface area contributed by atoms with Crippen LogP contribution in [0.15, 0.2) is 47.2 Å². The lowest BCUT2D eigenvalue weighted by Gasteiger charge is -2.04. The Morgan fingerprint density at radius 1 is 1.29 bits per heavy atom. The summed E-state index contributed by atoms with van der Waals surface area (Å²) in [5.41, 5.74) is 0.562. The first-order valence-electron chi connectivity index (χ1n) is 7.54. The van der Waals surface area contributed by atoms with Crippen molar-refractivity contribution in [3.8, 4) is 0 Å². The Bertz CT molecular complexity index is 800. The van der Waals surface area contributed by atoms with Crippen LogP contribution < -0.4 is 5.32 Å². The van der Waals surface area contributed by atoms with Gasteiger partial charge < -0.3 is 9.84 Å². The van der Waals surface area contributed by atoms with E-state index in [-0.39, 0.29) is 12.3 Å². The Balaban J connectivity index is 1.48. The molecule has 1 aromatic carbocycles. The van der Waals surface area contributed by atoms with Crippen LogP contribution in [0.1, 0.15) is 18.1 Å². The Kier molecular flexibility index (Phi) is 5.22. The predicted molar refractivity (Wildman–Crippen MR) is 88.6 cm³/mol. The van der Waals surface area contributed by atoms with Gasteiger partial charge >= 0.3 is 0 Å². The number of nitrogens with one attached hydrogen (secondary N) is 1. The zero-order chi connectivity index (χ0) is 16.8. The number of aryl methyl sites for hydroxylation is 2. The van der Waals surface area contributed by atoms with Crippen LogP contribution >= 0.6 is 11.6 Å². The lowest BCUT2D eigenvalue weighted by Crippen LogP contribution is -2.15. The van der Waals surface area contributed by atoms with Crippen molar-refractivity contribution < 1.29 is 9.32 Å². The molecule has 2 aromatic heterocycles. The summed E-state index contributed by atoms with van der Waals surface area (Å²) in [5, 5.41) is 11.2. The molecule has 2 heterocycles. The van der Waals surface area contributed by atoms with E-state index in [1.165, 1.54) is 0 Å². The highest BCUT2D eigenvalue weighted by atomic mass is 35.5. The molecule has 0 unspecified atom stereocenters. The first-order chi connectivity index (χ1) is 11.7. The maximum atomic E-state index is 12.0. The molecule has 3 rings (SSSR count). The standard InChI is InChI=1S/C16H16ClN5O2/c17-12-5-1-2-6-13(12)19-15(23)11-14-20-16(24-21-14)7-3-9-22-10-4-8-18-22/h1-2,4-6,8,10H,3,7,9,11H2,(H,19,23). The lowest BCUT2D eigenvalue weighted by atomic mass is 10.3. The number of rotatable bonds is 7. The van der Waals surface area contributed by atoms with E-state index in [1.807, 2.05) is 16.9 Å². The van der Waals surface area contributed by atoms with Gasteiger partial charge in [0.1, 0.15) is 0 Å². The van der Waals surface area contributed by atoms with E-state index in [2.05, 4.69) is 20.6 Å². The average molecular weight is 346 g/mol. The molecule has 0 aliphatic carbocycles. The van der Waals surface area contributed by atoms with Crippen molar-refractivity contribution in [2.45, 2.75) is 25.8 Å². The average Bonchev–Trinajstić information content (AvgIpc) is 3.22. The fourth-order valence-electron chi connectivity index (χ4n) is 2.19. The van der Waals surface area contributed by atoms with Crippen LogP contribution in [-0.4, -0.2) is 25.8 Å². The Morgan fingerprint density at radius 3 is 2.96 bits per heavy atom. The number of para-hydroxylation sites is 1. The number of amides is 1. The molecule has 0 bridgehead atoms. The van der Waals surface area contributed by atoms with E-state index in [4.69, 9.17) is 16.1 Å². The highest BCUT2D eigenvalue weighted by Gasteiger charge is 2.12. The van der Waals surface area contributed by atoms with Crippen molar-refractivity contribution in [2.24, 2.45) is 0 Å². The first-order valence-corrected chi connectivity index (χ1v) is 7.92. The molecule has 124 valence electrons. The van der Waals surface area contributed by atoms with Crippen molar-refractivity contribution >= 4 is 23.2 Å². The minimum absolute atomic E-state index is 0.0356. The highest BCUT2D eigenvalue weighted by Crippen LogP contribution is 2.20. The number of hydrogen-bond donors (Lipinski definition) is 1. The number of benzene rings is 1. The van der Waals surface area contributed by atoms with Gasteiger partial charge in [-0.3, -0.25) is 9.48 Å². The van der Waals surface area contributed by atoms with Crippen LogP contribution in [0.3, 0.4) is 0 Å². The molecular formula is C16H16ClN5O2. The van der Waals surface area contributed by atoms with Crippen molar-refractivity contribution in [3.63, 3.8) is 0 Å². The summed E-state index contributed by atoms with van der Waals surface area (Å²) >= 11 is 6.00. The van der Waals surface area contributed by atoms with Crippen LogP contribution in [0.2, 0.25) is 5.02 Å². The maximum Gasteiger partial charge on any atom is 0.232 e. The SMILES string of the molecule is O=C(Cc1noc(CCCn2cccn2)n1)Nc1ccccc1Cl. The molecule has 0 radical (unpaired) electrons. The third-order valence-corrected chi connectivity index (χ3v) is 3.64. The fourth-order valence-corrected chi connectivity index (χ4v) is 2.37. The lowest BCUT2D eigenvalue weighted by molar-refractivity contribution is -0.115. The monoisotopic (exact) mass is 345 g/mol. The van der Waals surface area contributed by atoms with Gasteiger partial charge in [0.05, 0.1) is 17.1 Å². The number of aromatic nitrogens is 4. The van der Waals surface area contributed by atoms with Gasteiger partial charge in [0.15, 0.2) is 5.82 Å². The minimum atomic E-state index is -0.244. The molecule has 8 heteroatoms. The Hall–Kier alpha value is -2.67. The van der Waals surface area contributed by atoms with E-state index in [0.29, 0.717) is 28.8 Å². The van der Waals surface area contributed by atoms with Gasteiger partial charge in [-0.25, -0.2) is 0 Å². The summed E-state index contributed by atoms with van der Waals surface area (Å²) in [6.07, 6.45) is 5.14. The molecule has 24 heavy (non-hydrogen) atoms. The maximum absolute atomic E-state index is 12.0.